The van der Waals surface area contributed by atoms with E-state index in [1.54, 1.807) is 18.2 Å². The lowest BCUT2D eigenvalue weighted by atomic mass is 10.3. The molecule has 0 spiro atoms. The highest BCUT2D eigenvalue weighted by molar-refractivity contribution is 7.89. The van der Waals surface area contributed by atoms with Gasteiger partial charge in [-0.25, -0.2) is 8.42 Å². The van der Waals surface area contributed by atoms with Crippen LogP contribution >= 0.6 is 0 Å². The number of sulfonamides is 1. The molecular weight excluding hydrogens is 248 g/mol. The quantitative estimate of drug-likeness (QED) is 0.864. The number of nitrogens with zero attached hydrogens (tertiary/aromatic N) is 1. The second-order valence-electron chi connectivity index (χ2n) is 4.33. The SMILES string of the molecule is CCNc1ccccc1S(=O)(=O)N(CC)C(C)C. The van der Waals surface area contributed by atoms with Crippen LogP contribution in [0.2, 0.25) is 0 Å². The molecule has 18 heavy (non-hydrogen) atoms. The summed E-state index contributed by atoms with van der Waals surface area (Å²) in [5, 5.41) is 3.09. The first-order chi connectivity index (χ1) is 8.45. The van der Waals surface area contributed by atoms with Gasteiger partial charge in [-0.05, 0) is 32.9 Å². The predicted octanol–water partition coefficient (Wildman–Crippen LogP) is 2.54. The van der Waals surface area contributed by atoms with Crippen LogP contribution in [0.25, 0.3) is 0 Å². The van der Waals surface area contributed by atoms with Crippen molar-refractivity contribution in [2.75, 3.05) is 18.4 Å². The third-order valence-corrected chi connectivity index (χ3v) is 4.94. The van der Waals surface area contributed by atoms with E-state index < -0.39 is 10.0 Å². The van der Waals surface area contributed by atoms with Gasteiger partial charge in [-0.2, -0.15) is 4.31 Å². The lowest BCUT2D eigenvalue weighted by molar-refractivity contribution is 0.369. The average molecular weight is 270 g/mol. The molecule has 5 heteroatoms. The fourth-order valence-electron chi connectivity index (χ4n) is 1.97. The monoisotopic (exact) mass is 270 g/mol. The molecule has 0 heterocycles. The van der Waals surface area contributed by atoms with Crippen LogP contribution in [0.4, 0.5) is 5.69 Å². The summed E-state index contributed by atoms with van der Waals surface area (Å²) >= 11 is 0. The Morgan fingerprint density at radius 3 is 2.33 bits per heavy atom. The van der Waals surface area contributed by atoms with E-state index in [1.165, 1.54) is 4.31 Å². The molecule has 0 saturated heterocycles. The number of rotatable bonds is 6. The fraction of sp³-hybridized carbons (Fsp3) is 0.538. The number of para-hydroxylation sites is 1. The van der Waals surface area contributed by atoms with Crippen LogP contribution in [0.5, 0.6) is 0 Å². The molecule has 0 aliphatic carbocycles. The third kappa shape index (κ3) is 3.03. The van der Waals surface area contributed by atoms with Gasteiger partial charge in [0.2, 0.25) is 10.0 Å². The fourth-order valence-corrected chi connectivity index (χ4v) is 3.78. The number of anilines is 1. The Balaban J connectivity index is 3.27. The largest absolute Gasteiger partial charge is 0.384 e. The minimum Gasteiger partial charge on any atom is -0.384 e. The van der Waals surface area contributed by atoms with Gasteiger partial charge < -0.3 is 5.32 Å². The second kappa shape index (κ2) is 6.20. The molecule has 0 bridgehead atoms. The molecular formula is C13H22N2O2S. The lowest BCUT2D eigenvalue weighted by Gasteiger charge is -2.25. The van der Waals surface area contributed by atoms with Crippen molar-refractivity contribution >= 4 is 15.7 Å². The Kier molecular flexibility index (Phi) is 5.16. The molecule has 1 aromatic carbocycles. The van der Waals surface area contributed by atoms with E-state index in [1.807, 2.05) is 33.8 Å². The van der Waals surface area contributed by atoms with E-state index in [0.29, 0.717) is 23.7 Å². The topological polar surface area (TPSA) is 49.4 Å². The molecule has 0 aliphatic heterocycles. The van der Waals surface area contributed by atoms with Gasteiger partial charge in [0.05, 0.1) is 5.69 Å². The van der Waals surface area contributed by atoms with Gasteiger partial charge in [0.15, 0.2) is 0 Å². The summed E-state index contributed by atoms with van der Waals surface area (Å²) in [6.07, 6.45) is 0. The number of hydrogen-bond donors (Lipinski definition) is 1. The van der Waals surface area contributed by atoms with E-state index >= 15 is 0 Å². The minimum atomic E-state index is -3.43. The average Bonchev–Trinajstić information content (AvgIpc) is 2.30. The van der Waals surface area contributed by atoms with Gasteiger partial charge in [-0.1, -0.05) is 19.1 Å². The van der Waals surface area contributed by atoms with Crippen LogP contribution in [0.3, 0.4) is 0 Å². The Morgan fingerprint density at radius 1 is 1.22 bits per heavy atom. The van der Waals surface area contributed by atoms with Crippen molar-refractivity contribution in [3.63, 3.8) is 0 Å². The second-order valence-corrected chi connectivity index (χ2v) is 6.19. The summed E-state index contributed by atoms with van der Waals surface area (Å²) in [6.45, 7) is 8.74. The summed E-state index contributed by atoms with van der Waals surface area (Å²) < 4.78 is 26.7. The molecule has 0 fully saturated rings. The highest BCUT2D eigenvalue weighted by atomic mass is 32.2. The zero-order chi connectivity index (χ0) is 13.8. The predicted molar refractivity (Wildman–Crippen MR) is 75.3 cm³/mol. The van der Waals surface area contributed by atoms with Gasteiger partial charge in [0.25, 0.3) is 0 Å². The number of nitrogens with one attached hydrogen (secondary N) is 1. The molecule has 4 nitrogen and oxygen atoms in total. The smallest absolute Gasteiger partial charge is 0.245 e. The maximum Gasteiger partial charge on any atom is 0.245 e. The molecule has 1 aromatic rings. The Bertz CT molecular complexity index is 484. The molecule has 0 unspecified atom stereocenters. The van der Waals surface area contributed by atoms with Gasteiger partial charge >= 0.3 is 0 Å². The van der Waals surface area contributed by atoms with Crippen LogP contribution in [0.1, 0.15) is 27.7 Å². The maximum atomic E-state index is 12.6. The van der Waals surface area contributed by atoms with Crippen molar-refractivity contribution in [1.29, 1.82) is 0 Å². The van der Waals surface area contributed by atoms with Gasteiger partial charge in [-0.15, -0.1) is 0 Å². The van der Waals surface area contributed by atoms with Crippen molar-refractivity contribution in [3.8, 4) is 0 Å². The van der Waals surface area contributed by atoms with Crippen LogP contribution in [-0.4, -0.2) is 31.9 Å². The first-order valence-electron chi connectivity index (χ1n) is 6.29. The van der Waals surface area contributed by atoms with Gasteiger partial charge in [0, 0.05) is 19.1 Å². The Labute approximate surface area is 110 Å². The lowest BCUT2D eigenvalue weighted by Crippen LogP contribution is -2.37. The normalized spacial score (nSPS) is 12.1. The van der Waals surface area contributed by atoms with Crippen molar-refractivity contribution < 1.29 is 8.42 Å². The Hall–Kier alpha value is -1.07. The molecule has 0 aromatic heterocycles. The van der Waals surface area contributed by atoms with Crippen molar-refractivity contribution in [3.05, 3.63) is 24.3 Å². The third-order valence-electron chi connectivity index (χ3n) is 2.73. The van der Waals surface area contributed by atoms with E-state index in [2.05, 4.69) is 5.32 Å². The first kappa shape index (κ1) is 15.0. The number of benzene rings is 1. The van der Waals surface area contributed by atoms with Crippen LogP contribution in [0.15, 0.2) is 29.2 Å². The highest BCUT2D eigenvalue weighted by Gasteiger charge is 2.27. The van der Waals surface area contributed by atoms with Gasteiger partial charge in [-0.3, -0.25) is 0 Å². The molecule has 0 atom stereocenters. The van der Waals surface area contributed by atoms with E-state index in [-0.39, 0.29) is 6.04 Å². The van der Waals surface area contributed by atoms with Crippen LogP contribution < -0.4 is 5.32 Å². The summed E-state index contributed by atoms with van der Waals surface area (Å²) in [5.41, 5.74) is 0.666. The molecule has 1 N–H and O–H groups in total. The van der Waals surface area contributed by atoms with Crippen LogP contribution in [0, 0.1) is 0 Å². The van der Waals surface area contributed by atoms with Crippen LogP contribution in [-0.2, 0) is 10.0 Å². The van der Waals surface area contributed by atoms with Crippen molar-refractivity contribution in [1.82, 2.24) is 4.31 Å². The van der Waals surface area contributed by atoms with Crippen molar-refractivity contribution in [2.24, 2.45) is 0 Å². The zero-order valence-corrected chi connectivity index (χ0v) is 12.3. The molecule has 0 amide bonds. The van der Waals surface area contributed by atoms with E-state index in [0.717, 1.165) is 0 Å². The maximum absolute atomic E-state index is 12.6. The first-order valence-corrected chi connectivity index (χ1v) is 7.73. The number of hydrogen-bond acceptors (Lipinski definition) is 3. The zero-order valence-electron chi connectivity index (χ0n) is 11.5. The summed E-state index contributed by atoms with van der Waals surface area (Å²) in [6, 6.07) is 6.99. The molecule has 102 valence electrons. The van der Waals surface area contributed by atoms with E-state index in [9.17, 15) is 8.42 Å². The summed E-state index contributed by atoms with van der Waals surface area (Å²) in [5.74, 6) is 0. The minimum absolute atomic E-state index is 0.0466. The molecule has 0 saturated carbocycles. The highest BCUT2D eigenvalue weighted by Crippen LogP contribution is 2.25. The molecule has 0 aliphatic rings. The standard InChI is InChI=1S/C13H22N2O2S/c1-5-14-12-9-7-8-10-13(12)18(16,17)15(6-2)11(3)4/h7-11,14H,5-6H2,1-4H3. The van der Waals surface area contributed by atoms with Crippen molar-refractivity contribution in [2.45, 2.75) is 38.6 Å². The summed E-state index contributed by atoms with van der Waals surface area (Å²) in [4.78, 5) is 0.349. The molecule has 1 rings (SSSR count). The summed E-state index contributed by atoms with van der Waals surface area (Å²) in [7, 11) is -3.43. The van der Waals surface area contributed by atoms with E-state index in [4.69, 9.17) is 0 Å². The van der Waals surface area contributed by atoms with Gasteiger partial charge in [0.1, 0.15) is 4.90 Å². The Morgan fingerprint density at radius 2 is 1.83 bits per heavy atom. The molecule has 0 radical (unpaired) electrons.